The molecular formula is C25H28F3N3O3. The van der Waals surface area contributed by atoms with Crippen molar-refractivity contribution in [3.8, 4) is 5.75 Å². The van der Waals surface area contributed by atoms with Gasteiger partial charge in [-0.25, -0.2) is 0 Å². The predicted molar refractivity (Wildman–Crippen MR) is 121 cm³/mol. The number of likely N-dealkylation sites (N-methyl/N-ethyl adjacent to an activating group) is 1. The summed E-state index contributed by atoms with van der Waals surface area (Å²) in [5.41, 5.74) is 0.111. The summed E-state index contributed by atoms with van der Waals surface area (Å²) in [5, 5.41) is 0. The van der Waals surface area contributed by atoms with Crippen LogP contribution >= 0.6 is 0 Å². The molecule has 2 aromatic carbocycles. The minimum absolute atomic E-state index is 0.111. The lowest BCUT2D eigenvalue weighted by Gasteiger charge is -2.35. The number of piperazine rings is 1. The molecule has 0 aliphatic carbocycles. The van der Waals surface area contributed by atoms with Crippen molar-refractivity contribution in [2.45, 2.75) is 12.1 Å². The Balaban J connectivity index is 1.62. The standard InChI is InChI=1S/C25H28F3N3O3/c1-29-10-12-30(13-11-29)24(33)22-16-31(23(32)17-6-8-20(34-2)9-7-17)15-21(22)18-4-3-5-19(14-18)25(26,27)28/h3-9,14,21-22H,10-13,15-16H2,1-2H3. The first-order chi connectivity index (χ1) is 16.2. The topological polar surface area (TPSA) is 53.1 Å². The second kappa shape index (κ2) is 9.66. The van der Waals surface area contributed by atoms with E-state index in [0.717, 1.165) is 25.2 Å². The normalized spacial score (nSPS) is 21.6. The highest BCUT2D eigenvalue weighted by Crippen LogP contribution is 2.38. The van der Waals surface area contributed by atoms with E-state index in [1.54, 1.807) is 40.1 Å². The van der Waals surface area contributed by atoms with Gasteiger partial charge in [-0.15, -0.1) is 0 Å². The van der Waals surface area contributed by atoms with Gasteiger partial charge in [-0.2, -0.15) is 13.2 Å². The largest absolute Gasteiger partial charge is 0.497 e. The Morgan fingerprint density at radius 2 is 1.62 bits per heavy atom. The number of likely N-dealkylation sites (tertiary alicyclic amines) is 1. The maximum atomic E-state index is 13.5. The van der Waals surface area contributed by atoms with Crippen LogP contribution in [0.5, 0.6) is 5.75 Å². The molecule has 0 N–H and O–H groups in total. The van der Waals surface area contributed by atoms with E-state index in [-0.39, 0.29) is 24.9 Å². The van der Waals surface area contributed by atoms with Gasteiger partial charge < -0.3 is 19.4 Å². The Bertz CT molecular complexity index is 1030. The smallest absolute Gasteiger partial charge is 0.416 e. The van der Waals surface area contributed by atoms with E-state index in [1.807, 2.05) is 7.05 Å². The molecule has 2 fully saturated rings. The third kappa shape index (κ3) is 5.04. The van der Waals surface area contributed by atoms with E-state index in [0.29, 0.717) is 30.0 Å². The summed E-state index contributed by atoms with van der Waals surface area (Å²) in [7, 11) is 3.52. The molecule has 0 aromatic heterocycles. The third-order valence-electron chi connectivity index (χ3n) is 6.72. The molecule has 2 atom stereocenters. The van der Waals surface area contributed by atoms with Crippen LogP contribution in [0.1, 0.15) is 27.4 Å². The van der Waals surface area contributed by atoms with Gasteiger partial charge in [-0.3, -0.25) is 9.59 Å². The van der Waals surface area contributed by atoms with Gasteiger partial charge in [0.15, 0.2) is 0 Å². The molecule has 2 aliphatic heterocycles. The number of ether oxygens (including phenoxy) is 1. The predicted octanol–water partition coefficient (Wildman–Crippen LogP) is 3.34. The Morgan fingerprint density at radius 1 is 0.941 bits per heavy atom. The summed E-state index contributed by atoms with van der Waals surface area (Å²) < 4.78 is 45.3. The van der Waals surface area contributed by atoms with E-state index >= 15 is 0 Å². The van der Waals surface area contributed by atoms with Crippen LogP contribution in [0.3, 0.4) is 0 Å². The van der Waals surface area contributed by atoms with E-state index < -0.39 is 23.6 Å². The van der Waals surface area contributed by atoms with Crippen LogP contribution in [0.25, 0.3) is 0 Å². The summed E-state index contributed by atoms with van der Waals surface area (Å²) in [6.45, 7) is 2.94. The van der Waals surface area contributed by atoms with E-state index in [1.165, 1.54) is 13.2 Å². The van der Waals surface area contributed by atoms with Gasteiger partial charge in [0, 0.05) is 50.7 Å². The summed E-state index contributed by atoms with van der Waals surface area (Å²) in [5.74, 6) is -0.873. The molecule has 182 valence electrons. The number of hydrogen-bond donors (Lipinski definition) is 0. The molecule has 0 radical (unpaired) electrons. The average Bonchev–Trinajstić information content (AvgIpc) is 3.29. The van der Waals surface area contributed by atoms with Crippen LogP contribution in [0, 0.1) is 5.92 Å². The van der Waals surface area contributed by atoms with Gasteiger partial charge in [0.25, 0.3) is 5.91 Å². The van der Waals surface area contributed by atoms with Crippen LogP contribution in [-0.2, 0) is 11.0 Å². The minimum Gasteiger partial charge on any atom is -0.497 e. The molecule has 2 aromatic rings. The summed E-state index contributed by atoms with van der Waals surface area (Å²) in [6, 6.07) is 11.8. The molecular weight excluding hydrogens is 447 g/mol. The maximum Gasteiger partial charge on any atom is 0.416 e. The number of amides is 2. The van der Waals surface area contributed by atoms with Crippen LogP contribution in [0.15, 0.2) is 48.5 Å². The van der Waals surface area contributed by atoms with Gasteiger partial charge in [0.1, 0.15) is 5.75 Å². The van der Waals surface area contributed by atoms with Crippen molar-refractivity contribution in [3.63, 3.8) is 0 Å². The van der Waals surface area contributed by atoms with Gasteiger partial charge in [0.05, 0.1) is 18.6 Å². The maximum absolute atomic E-state index is 13.5. The van der Waals surface area contributed by atoms with Crippen molar-refractivity contribution in [3.05, 3.63) is 65.2 Å². The lowest BCUT2D eigenvalue weighted by atomic mass is 9.87. The number of methoxy groups -OCH3 is 1. The lowest BCUT2D eigenvalue weighted by Crippen LogP contribution is -2.50. The lowest BCUT2D eigenvalue weighted by molar-refractivity contribution is -0.137. The van der Waals surface area contributed by atoms with E-state index in [9.17, 15) is 22.8 Å². The first-order valence-corrected chi connectivity index (χ1v) is 11.2. The van der Waals surface area contributed by atoms with Crippen LogP contribution in [0.4, 0.5) is 13.2 Å². The molecule has 0 bridgehead atoms. The highest BCUT2D eigenvalue weighted by Gasteiger charge is 2.43. The highest BCUT2D eigenvalue weighted by molar-refractivity contribution is 5.95. The van der Waals surface area contributed by atoms with Gasteiger partial charge >= 0.3 is 6.18 Å². The second-order valence-electron chi connectivity index (χ2n) is 8.90. The molecule has 2 saturated heterocycles. The van der Waals surface area contributed by atoms with Crippen molar-refractivity contribution < 1.29 is 27.5 Å². The second-order valence-corrected chi connectivity index (χ2v) is 8.90. The zero-order valence-electron chi connectivity index (χ0n) is 19.2. The Morgan fingerprint density at radius 3 is 2.24 bits per heavy atom. The zero-order valence-corrected chi connectivity index (χ0v) is 19.2. The summed E-state index contributed by atoms with van der Waals surface area (Å²) in [6.07, 6.45) is -4.48. The molecule has 34 heavy (non-hydrogen) atoms. The Kier molecular flexibility index (Phi) is 6.84. The summed E-state index contributed by atoms with van der Waals surface area (Å²) >= 11 is 0. The Hall–Kier alpha value is -3.07. The molecule has 2 amide bonds. The molecule has 2 unspecified atom stereocenters. The fourth-order valence-corrected chi connectivity index (χ4v) is 4.68. The van der Waals surface area contributed by atoms with Crippen molar-refractivity contribution in [1.82, 2.24) is 14.7 Å². The van der Waals surface area contributed by atoms with Gasteiger partial charge in [-0.1, -0.05) is 18.2 Å². The first kappa shape index (κ1) is 24.1. The number of nitrogens with zero attached hydrogens (tertiary/aromatic N) is 3. The zero-order chi connectivity index (χ0) is 24.5. The van der Waals surface area contributed by atoms with Crippen LogP contribution in [0.2, 0.25) is 0 Å². The fourth-order valence-electron chi connectivity index (χ4n) is 4.68. The molecule has 2 aliphatic rings. The fraction of sp³-hybridized carbons (Fsp3) is 0.440. The van der Waals surface area contributed by atoms with Crippen molar-refractivity contribution in [2.75, 3.05) is 53.4 Å². The number of carbonyl (C=O) groups excluding carboxylic acids is 2. The van der Waals surface area contributed by atoms with Crippen LogP contribution in [-0.4, -0.2) is 79.9 Å². The number of rotatable bonds is 4. The van der Waals surface area contributed by atoms with Crippen molar-refractivity contribution in [1.29, 1.82) is 0 Å². The first-order valence-electron chi connectivity index (χ1n) is 11.2. The number of alkyl halides is 3. The Labute approximate surface area is 196 Å². The SMILES string of the molecule is COc1ccc(C(=O)N2CC(C(=O)N3CCN(C)CC3)C(c3cccc(C(F)(F)F)c3)C2)cc1. The van der Waals surface area contributed by atoms with E-state index in [2.05, 4.69) is 4.90 Å². The molecule has 9 heteroatoms. The number of carbonyl (C=O) groups is 2. The molecule has 0 saturated carbocycles. The molecule has 2 heterocycles. The number of hydrogen-bond acceptors (Lipinski definition) is 4. The van der Waals surface area contributed by atoms with Gasteiger partial charge in [-0.05, 0) is 42.9 Å². The van der Waals surface area contributed by atoms with Crippen LogP contribution < -0.4 is 4.74 Å². The van der Waals surface area contributed by atoms with Crippen molar-refractivity contribution in [2.24, 2.45) is 5.92 Å². The third-order valence-corrected chi connectivity index (χ3v) is 6.72. The monoisotopic (exact) mass is 475 g/mol. The number of halogens is 3. The average molecular weight is 476 g/mol. The number of benzene rings is 2. The molecule has 0 spiro atoms. The highest BCUT2D eigenvalue weighted by atomic mass is 19.4. The molecule has 6 nitrogen and oxygen atoms in total. The quantitative estimate of drug-likeness (QED) is 0.681. The van der Waals surface area contributed by atoms with Crippen molar-refractivity contribution >= 4 is 11.8 Å². The van der Waals surface area contributed by atoms with Gasteiger partial charge in [0.2, 0.25) is 5.91 Å². The van der Waals surface area contributed by atoms with E-state index in [4.69, 9.17) is 4.74 Å². The summed E-state index contributed by atoms with van der Waals surface area (Å²) in [4.78, 5) is 32.2. The molecule has 4 rings (SSSR count). The minimum atomic E-state index is -4.48.